The molecule has 0 saturated heterocycles. The average molecular weight is 547 g/mol. The summed E-state index contributed by atoms with van der Waals surface area (Å²) < 4.78 is 0. The second-order valence-electron chi connectivity index (χ2n) is 7.29. The first kappa shape index (κ1) is 25.6. The number of carbonyl (C=O) groups is 2. The maximum absolute atomic E-state index is 12.7. The normalized spacial score (nSPS) is 12.0. The highest BCUT2D eigenvalue weighted by Gasteiger charge is 2.24. The number of hydrogen-bond donors (Lipinski definition) is 3. The number of amides is 2. The number of nitrogens with one attached hydrogen (secondary N) is 3. The van der Waals surface area contributed by atoms with Gasteiger partial charge in [0.15, 0.2) is 0 Å². The minimum atomic E-state index is -0.448. The summed E-state index contributed by atoms with van der Waals surface area (Å²) >= 11 is 25.0. The van der Waals surface area contributed by atoms with Gasteiger partial charge in [0.1, 0.15) is 5.82 Å². The lowest BCUT2D eigenvalue weighted by Crippen LogP contribution is -2.32. The minimum Gasteiger partial charge on any atom is -0.342 e. The summed E-state index contributed by atoms with van der Waals surface area (Å²) in [6.45, 7) is 3.88. The molecule has 0 aliphatic rings. The molecular weight excluding hydrogens is 528 g/mol. The van der Waals surface area contributed by atoms with E-state index in [1.165, 1.54) is 6.07 Å². The van der Waals surface area contributed by atoms with E-state index in [4.69, 9.17) is 46.4 Å². The van der Waals surface area contributed by atoms with Crippen molar-refractivity contribution in [2.24, 2.45) is 5.92 Å². The molecule has 2 amide bonds. The Morgan fingerprint density at radius 2 is 1.79 bits per heavy atom. The van der Waals surface area contributed by atoms with Gasteiger partial charge in [-0.2, -0.15) is 0 Å². The molecular formula is C21H19Cl4N5O2S. The molecule has 3 N–H and O–H groups in total. The summed E-state index contributed by atoms with van der Waals surface area (Å²) in [5, 5.41) is 14.5. The van der Waals surface area contributed by atoms with Crippen molar-refractivity contribution < 1.29 is 9.59 Å². The molecule has 0 unspecified atom stereocenters. The van der Waals surface area contributed by atoms with Crippen molar-refractivity contribution in [1.82, 2.24) is 20.5 Å². The Morgan fingerprint density at radius 1 is 1.03 bits per heavy atom. The Kier molecular flexibility index (Phi) is 8.89. The predicted octanol–water partition coefficient (Wildman–Crippen LogP) is 6.28. The third kappa shape index (κ3) is 7.01. The van der Waals surface area contributed by atoms with Crippen LogP contribution in [0.4, 0.5) is 5.69 Å². The Morgan fingerprint density at radius 3 is 2.45 bits per heavy atom. The third-order valence-electron chi connectivity index (χ3n) is 4.44. The maximum Gasteiger partial charge on any atom is 0.253 e. The van der Waals surface area contributed by atoms with E-state index in [2.05, 4.69) is 25.8 Å². The van der Waals surface area contributed by atoms with Crippen LogP contribution in [0.15, 0.2) is 41.6 Å². The topological polar surface area (TPSA) is 99.8 Å². The van der Waals surface area contributed by atoms with E-state index in [0.717, 1.165) is 11.8 Å². The van der Waals surface area contributed by atoms with Crippen LogP contribution in [0, 0.1) is 5.92 Å². The van der Waals surface area contributed by atoms with Crippen molar-refractivity contribution in [2.75, 3.05) is 11.1 Å². The highest BCUT2D eigenvalue weighted by atomic mass is 35.5. The second kappa shape index (κ2) is 11.4. The number of aromatic amines is 1. The summed E-state index contributed by atoms with van der Waals surface area (Å²) in [7, 11) is 0. The van der Waals surface area contributed by atoms with Gasteiger partial charge >= 0.3 is 0 Å². The van der Waals surface area contributed by atoms with Crippen LogP contribution in [-0.2, 0) is 4.79 Å². The standard InChI is InChI=1S/C21H19Cl4N5O2S/c1-10(2)18(27-20(32)13-5-3-11(22)7-15(13)24)19-28-21(30-29-19)33-9-17(31)26-12-4-6-14(23)16(25)8-12/h3-8,10,18H,9H2,1-2H3,(H,26,31)(H,27,32)(H,28,29,30)/t18-/m0/s1. The molecule has 0 bridgehead atoms. The van der Waals surface area contributed by atoms with Crippen LogP contribution in [0.5, 0.6) is 0 Å². The van der Waals surface area contributed by atoms with E-state index < -0.39 is 6.04 Å². The first-order valence-corrected chi connectivity index (χ1v) is 12.2. The zero-order chi connectivity index (χ0) is 24.1. The van der Waals surface area contributed by atoms with Gasteiger partial charge in [0, 0.05) is 10.7 Å². The average Bonchev–Trinajstić information content (AvgIpc) is 3.21. The molecule has 1 atom stereocenters. The smallest absolute Gasteiger partial charge is 0.253 e. The van der Waals surface area contributed by atoms with E-state index in [9.17, 15) is 9.59 Å². The summed E-state index contributed by atoms with van der Waals surface area (Å²) in [5.74, 6) is -0.0613. The van der Waals surface area contributed by atoms with Crippen LogP contribution in [0.3, 0.4) is 0 Å². The number of halogens is 4. The predicted molar refractivity (Wildman–Crippen MR) is 134 cm³/mol. The van der Waals surface area contributed by atoms with Crippen LogP contribution >= 0.6 is 58.2 Å². The molecule has 0 spiro atoms. The Bertz CT molecular complexity index is 1170. The van der Waals surface area contributed by atoms with Crippen LogP contribution in [0.25, 0.3) is 0 Å². The number of rotatable bonds is 8. The van der Waals surface area contributed by atoms with Crippen LogP contribution in [0.1, 0.15) is 36.1 Å². The molecule has 174 valence electrons. The second-order valence-corrected chi connectivity index (χ2v) is 9.89. The fraction of sp³-hybridized carbons (Fsp3) is 0.238. The molecule has 0 radical (unpaired) electrons. The van der Waals surface area contributed by atoms with Crippen molar-refractivity contribution in [3.63, 3.8) is 0 Å². The highest BCUT2D eigenvalue weighted by molar-refractivity contribution is 7.99. The Hall–Kier alpha value is -1.97. The molecule has 12 heteroatoms. The van der Waals surface area contributed by atoms with Gasteiger partial charge in [-0.3, -0.25) is 14.7 Å². The van der Waals surface area contributed by atoms with E-state index in [1.807, 2.05) is 13.8 Å². The van der Waals surface area contributed by atoms with Crippen molar-refractivity contribution in [2.45, 2.75) is 25.0 Å². The number of aromatic nitrogens is 3. The summed E-state index contributed by atoms with van der Waals surface area (Å²) in [6.07, 6.45) is 0. The van der Waals surface area contributed by atoms with E-state index in [-0.39, 0.29) is 28.5 Å². The lowest BCUT2D eigenvalue weighted by molar-refractivity contribution is -0.113. The monoisotopic (exact) mass is 545 g/mol. The minimum absolute atomic E-state index is 0.00350. The Labute approximate surface area is 214 Å². The number of benzene rings is 2. The number of nitrogens with zero attached hydrogens (tertiary/aromatic N) is 2. The van der Waals surface area contributed by atoms with Crippen molar-refractivity contribution >= 4 is 75.7 Å². The lowest BCUT2D eigenvalue weighted by atomic mass is 10.0. The van der Waals surface area contributed by atoms with Crippen LogP contribution in [-0.4, -0.2) is 32.7 Å². The fourth-order valence-electron chi connectivity index (χ4n) is 2.81. The van der Waals surface area contributed by atoms with Gasteiger partial charge in [0.05, 0.1) is 32.4 Å². The van der Waals surface area contributed by atoms with Gasteiger partial charge in [-0.1, -0.05) is 72.0 Å². The molecule has 3 aromatic rings. The van der Waals surface area contributed by atoms with E-state index >= 15 is 0 Å². The largest absolute Gasteiger partial charge is 0.342 e. The van der Waals surface area contributed by atoms with E-state index in [0.29, 0.717) is 37.3 Å². The van der Waals surface area contributed by atoms with Crippen molar-refractivity contribution in [1.29, 1.82) is 0 Å². The molecule has 3 rings (SSSR count). The molecule has 33 heavy (non-hydrogen) atoms. The van der Waals surface area contributed by atoms with Gasteiger partial charge < -0.3 is 10.6 Å². The van der Waals surface area contributed by atoms with Crippen LogP contribution in [0.2, 0.25) is 20.1 Å². The zero-order valence-electron chi connectivity index (χ0n) is 17.5. The molecule has 1 aromatic heterocycles. The first-order valence-electron chi connectivity index (χ1n) is 9.70. The fourth-order valence-corrected chi connectivity index (χ4v) is 4.20. The number of thioether (sulfide) groups is 1. The van der Waals surface area contributed by atoms with Gasteiger partial charge in [-0.05, 0) is 42.3 Å². The Balaban J connectivity index is 1.62. The quantitative estimate of drug-likeness (QED) is 0.289. The molecule has 1 heterocycles. The molecule has 0 saturated carbocycles. The van der Waals surface area contributed by atoms with Gasteiger partial charge in [-0.15, -0.1) is 5.10 Å². The summed E-state index contributed by atoms with van der Waals surface area (Å²) in [6, 6.07) is 9.05. The van der Waals surface area contributed by atoms with Crippen molar-refractivity contribution in [3.8, 4) is 0 Å². The SMILES string of the molecule is CC(C)[C@H](NC(=O)c1ccc(Cl)cc1Cl)c1nc(SCC(=O)Nc2ccc(Cl)c(Cl)c2)n[nH]1. The number of H-pyrrole nitrogens is 1. The number of hydrogen-bond acceptors (Lipinski definition) is 5. The molecule has 7 nitrogen and oxygen atoms in total. The number of carbonyl (C=O) groups excluding carboxylic acids is 2. The van der Waals surface area contributed by atoms with Crippen molar-refractivity contribution in [3.05, 3.63) is 67.9 Å². The molecule has 0 aliphatic carbocycles. The summed E-state index contributed by atoms with van der Waals surface area (Å²) in [5.41, 5.74) is 0.842. The zero-order valence-corrected chi connectivity index (χ0v) is 21.3. The van der Waals surface area contributed by atoms with Crippen LogP contribution < -0.4 is 10.6 Å². The lowest BCUT2D eigenvalue weighted by Gasteiger charge is -2.20. The third-order valence-corrected chi connectivity index (χ3v) is 6.58. The molecule has 2 aromatic carbocycles. The van der Waals surface area contributed by atoms with E-state index in [1.54, 1.807) is 30.3 Å². The van der Waals surface area contributed by atoms with Gasteiger partial charge in [-0.25, -0.2) is 4.98 Å². The summed E-state index contributed by atoms with van der Waals surface area (Å²) in [4.78, 5) is 29.4. The highest BCUT2D eigenvalue weighted by Crippen LogP contribution is 2.26. The molecule has 0 fully saturated rings. The molecule has 0 aliphatic heterocycles. The van der Waals surface area contributed by atoms with Gasteiger partial charge in [0.2, 0.25) is 11.1 Å². The van der Waals surface area contributed by atoms with Gasteiger partial charge in [0.25, 0.3) is 5.91 Å². The first-order chi connectivity index (χ1) is 15.6. The number of anilines is 1. The maximum atomic E-state index is 12.7.